The van der Waals surface area contributed by atoms with Crippen LogP contribution in [0.4, 0.5) is 5.69 Å². The second-order valence-electron chi connectivity index (χ2n) is 7.12. The van der Waals surface area contributed by atoms with Gasteiger partial charge in [0.15, 0.2) is 0 Å². The lowest BCUT2D eigenvalue weighted by molar-refractivity contribution is -0.127. The third-order valence-electron chi connectivity index (χ3n) is 4.99. The molecule has 2 amide bonds. The molecule has 1 N–H and O–H groups in total. The summed E-state index contributed by atoms with van der Waals surface area (Å²) >= 11 is 0. The molecule has 146 valence electrons. The largest absolute Gasteiger partial charge is 0.489 e. The molecular weight excluding hydrogens is 364 g/mol. The number of ether oxygens (including phenoxy) is 1. The van der Waals surface area contributed by atoms with Gasteiger partial charge in [-0.25, -0.2) is 5.01 Å². The molecular formula is C24H22N2O3. The molecule has 1 atom stereocenters. The average Bonchev–Trinajstić information content (AvgIpc) is 3.03. The molecule has 0 saturated carbocycles. The lowest BCUT2D eigenvalue weighted by atomic mass is 9.97. The van der Waals surface area contributed by atoms with Gasteiger partial charge < -0.3 is 4.74 Å². The lowest BCUT2D eigenvalue weighted by Gasteiger charge is -2.15. The maximum absolute atomic E-state index is 12.7. The van der Waals surface area contributed by atoms with E-state index in [0.717, 1.165) is 22.4 Å². The zero-order valence-electron chi connectivity index (χ0n) is 16.2. The molecule has 29 heavy (non-hydrogen) atoms. The highest BCUT2D eigenvalue weighted by atomic mass is 16.5. The number of carbonyl (C=O) groups is 2. The van der Waals surface area contributed by atoms with E-state index < -0.39 is 5.92 Å². The number of aryl methyl sites for hydroxylation is 1. The molecule has 3 aromatic rings. The number of hydrogen-bond donors (Lipinski definition) is 1. The summed E-state index contributed by atoms with van der Waals surface area (Å²) in [5.41, 5.74) is 6.34. The summed E-state index contributed by atoms with van der Waals surface area (Å²) in [6, 6.07) is 24.9. The van der Waals surface area contributed by atoms with Crippen LogP contribution in [-0.4, -0.2) is 11.8 Å². The van der Waals surface area contributed by atoms with Gasteiger partial charge in [-0.3, -0.25) is 15.0 Å². The Labute approximate surface area is 169 Å². The molecule has 0 aliphatic carbocycles. The molecule has 1 fully saturated rings. The van der Waals surface area contributed by atoms with Crippen LogP contribution in [0.3, 0.4) is 0 Å². The average molecular weight is 386 g/mol. The van der Waals surface area contributed by atoms with Gasteiger partial charge in [-0.1, -0.05) is 60.7 Å². The molecule has 0 bridgehead atoms. The van der Waals surface area contributed by atoms with Crippen LogP contribution in [-0.2, 0) is 22.6 Å². The van der Waals surface area contributed by atoms with Gasteiger partial charge in [0.05, 0.1) is 5.69 Å². The summed E-state index contributed by atoms with van der Waals surface area (Å²) in [4.78, 5) is 25.1. The summed E-state index contributed by atoms with van der Waals surface area (Å²) in [5.74, 6) is -0.444. The fraction of sp³-hybridized carbons (Fsp3) is 0.167. The van der Waals surface area contributed by atoms with Crippen molar-refractivity contribution in [1.29, 1.82) is 0 Å². The number of nitrogens with one attached hydrogen (secondary N) is 1. The fourth-order valence-corrected chi connectivity index (χ4v) is 3.43. The van der Waals surface area contributed by atoms with Gasteiger partial charge in [0.2, 0.25) is 0 Å². The van der Waals surface area contributed by atoms with Crippen LogP contribution in [0.5, 0.6) is 5.75 Å². The van der Waals surface area contributed by atoms with E-state index >= 15 is 0 Å². The molecule has 5 nitrogen and oxygen atoms in total. The molecule has 1 unspecified atom stereocenters. The second kappa shape index (κ2) is 8.19. The topological polar surface area (TPSA) is 58.6 Å². The first-order chi connectivity index (χ1) is 14.1. The van der Waals surface area contributed by atoms with Crippen LogP contribution in [0.25, 0.3) is 0 Å². The number of hydrazine groups is 1. The quantitative estimate of drug-likeness (QED) is 0.656. The van der Waals surface area contributed by atoms with E-state index in [1.54, 1.807) is 12.1 Å². The summed E-state index contributed by atoms with van der Waals surface area (Å²) < 4.78 is 5.91. The Hall–Kier alpha value is -3.60. The van der Waals surface area contributed by atoms with Crippen LogP contribution >= 0.6 is 0 Å². The van der Waals surface area contributed by atoms with Crippen molar-refractivity contribution in [3.8, 4) is 5.75 Å². The Kier molecular flexibility index (Phi) is 5.29. The predicted octanol–water partition coefficient (Wildman–Crippen LogP) is 3.81. The van der Waals surface area contributed by atoms with Crippen molar-refractivity contribution in [2.45, 2.75) is 20.0 Å². The van der Waals surface area contributed by atoms with E-state index in [1.807, 2.05) is 73.7 Å². The van der Waals surface area contributed by atoms with Gasteiger partial charge in [0, 0.05) is 0 Å². The van der Waals surface area contributed by atoms with Crippen molar-refractivity contribution < 1.29 is 14.3 Å². The molecule has 3 aromatic carbocycles. The first kappa shape index (κ1) is 18.7. The van der Waals surface area contributed by atoms with E-state index in [4.69, 9.17) is 4.74 Å². The number of carbonyl (C=O) groups excluding carboxylic acids is 2. The Morgan fingerprint density at radius 2 is 1.59 bits per heavy atom. The minimum atomic E-state index is -0.731. The summed E-state index contributed by atoms with van der Waals surface area (Å²) in [5, 5.41) is 1.33. The molecule has 1 aliphatic heterocycles. The summed E-state index contributed by atoms with van der Waals surface area (Å²) in [7, 11) is 0. The third kappa shape index (κ3) is 4.14. The van der Waals surface area contributed by atoms with Crippen molar-refractivity contribution >= 4 is 17.5 Å². The Morgan fingerprint density at radius 3 is 2.28 bits per heavy atom. The number of hydrogen-bond acceptors (Lipinski definition) is 3. The minimum Gasteiger partial charge on any atom is -0.489 e. The van der Waals surface area contributed by atoms with Crippen LogP contribution in [0.1, 0.15) is 16.7 Å². The Bertz CT molecular complexity index is 1020. The number of nitrogens with zero attached hydrogens (tertiary/aromatic N) is 1. The molecule has 0 aromatic heterocycles. The number of amides is 2. The van der Waals surface area contributed by atoms with Crippen LogP contribution in [0.2, 0.25) is 0 Å². The van der Waals surface area contributed by atoms with E-state index in [9.17, 15) is 9.59 Å². The first-order valence-electron chi connectivity index (χ1n) is 9.57. The van der Waals surface area contributed by atoms with E-state index in [2.05, 4.69) is 5.43 Å². The van der Waals surface area contributed by atoms with Gasteiger partial charge in [-0.05, 0) is 48.2 Å². The standard InChI is InChI=1S/C24H22N2O3/c1-17-14-19(12-13-22(17)29-16-18-8-4-2-5-9-18)15-21-23(27)25-26(24(21)28)20-10-6-3-7-11-20/h2-14,21H,15-16H2,1H3,(H,25,27). The highest BCUT2D eigenvalue weighted by molar-refractivity contribution is 6.14. The number of para-hydroxylation sites is 1. The van der Waals surface area contributed by atoms with E-state index in [0.29, 0.717) is 18.7 Å². The van der Waals surface area contributed by atoms with Gasteiger partial charge >= 0.3 is 0 Å². The van der Waals surface area contributed by atoms with Crippen molar-refractivity contribution in [3.05, 3.63) is 95.6 Å². The molecule has 5 heteroatoms. The summed E-state index contributed by atoms with van der Waals surface area (Å²) in [6.45, 7) is 2.47. The Morgan fingerprint density at radius 1 is 0.897 bits per heavy atom. The fourth-order valence-electron chi connectivity index (χ4n) is 3.43. The van der Waals surface area contributed by atoms with E-state index in [1.165, 1.54) is 5.01 Å². The maximum Gasteiger partial charge on any atom is 0.258 e. The van der Waals surface area contributed by atoms with Gasteiger partial charge in [-0.2, -0.15) is 0 Å². The Balaban J connectivity index is 1.43. The molecule has 0 radical (unpaired) electrons. The first-order valence-corrected chi connectivity index (χ1v) is 9.57. The van der Waals surface area contributed by atoms with Crippen LogP contribution < -0.4 is 15.2 Å². The molecule has 0 spiro atoms. The second-order valence-corrected chi connectivity index (χ2v) is 7.12. The molecule has 1 heterocycles. The number of anilines is 1. The van der Waals surface area contributed by atoms with Crippen molar-refractivity contribution in [2.24, 2.45) is 5.92 Å². The summed E-state index contributed by atoms with van der Waals surface area (Å²) in [6.07, 6.45) is 0.355. The normalized spacial score (nSPS) is 16.0. The number of rotatable bonds is 6. The van der Waals surface area contributed by atoms with Crippen LogP contribution in [0.15, 0.2) is 78.9 Å². The molecule has 1 saturated heterocycles. The van der Waals surface area contributed by atoms with Crippen molar-refractivity contribution in [2.75, 3.05) is 5.01 Å². The highest BCUT2D eigenvalue weighted by Gasteiger charge is 2.39. The number of benzene rings is 3. The smallest absolute Gasteiger partial charge is 0.258 e. The highest BCUT2D eigenvalue weighted by Crippen LogP contribution is 2.25. The van der Waals surface area contributed by atoms with E-state index in [-0.39, 0.29) is 11.8 Å². The van der Waals surface area contributed by atoms with Crippen LogP contribution in [0, 0.1) is 12.8 Å². The van der Waals surface area contributed by atoms with Crippen molar-refractivity contribution in [1.82, 2.24) is 5.43 Å². The monoisotopic (exact) mass is 386 g/mol. The minimum absolute atomic E-state index is 0.233. The predicted molar refractivity (Wildman–Crippen MR) is 111 cm³/mol. The van der Waals surface area contributed by atoms with Gasteiger partial charge in [0.25, 0.3) is 11.8 Å². The van der Waals surface area contributed by atoms with Gasteiger partial charge in [-0.15, -0.1) is 0 Å². The molecule has 4 rings (SSSR count). The zero-order valence-corrected chi connectivity index (χ0v) is 16.2. The van der Waals surface area contributed by atoms with Crippen molar-refractivity contribution in [3.63, 3.8) is 0 Å². The lowest BCUT2D eigenvalue weighted by Crippen LogP contribution is -2.35. The SMILES string of the molecule is Cc1cc(CC2C(=O)NN(c3ccccc3)C2=O)ccc1OCc1ccccc1. The zero-order chi connectivity index (χ0) is 20.2. The maximum atomic E-state index is 12.7. The molecule has 1 aliphatic rings. The third-order valence-corrected chi connectivity index (χ3v) is 4.99. The van der Waals surface area contributed by atoms with Gasteiger partial charge in [0.1, 0.15) is 18.3 Å².